The lowest BCUT2D eigenvalue weighted by atomic mass is 10.2. The summed E-state index contributed by atoms with van der Waals surface area (Å²) in [6, 6.07) is 13.5. The van der Waals surface area contributed by atoms with Gasteiger partial charge in [0.2, 0.25) is 0 Å². The minimum absolute atomic E-state index is 0. The van der Waals surface area contributed by atoms with Crippen LogP contribution in [0, 0.1) is 0 Å². The number of nitrogens with zero attached hydrogens (tertiary/aromatic N) is 2. The number of anilines is 2. The molecule has 0 atom stereocenters. The van der Waals surface area contributed by atoms with Crippen molar-refractivity contribution in [3.8, 4) is 11.5 Å². The summed E-state index contributed by atoms with van der Waals surface area (Å²) < 4.78 is 17.1. The second kappa shape index (κ2) is 6.14. The molecule has 7 heteroatoms. The molecule has 4 aromatic rings. The van der Waals surface area contributed by atoms with Crippen LogP contribution in [0.2, 0.25) is 0 Å². The maximum Gasteiger partial charge on any atom is 0.196 e. The lowest BCUT2D eigenvalue weighted by Gasteiger charge is -2.19. The zero-order chi connectivity index (χ0) is 15.9. The van der Waals surface area contributed by atoms with Crippen LogP contribution in [0.15, 0.2) is 53.2 Å². The molecule has 0 radical (unpaired) electrons. The van der Waals surface area contributed by atoms with Gasteiger partial charge in [-0.2, -0.15) is 0 Å². The molecular weight excluding hydrogens is 342 g/mol. The quantitative estimate of drug-likeness (QED) is 0.576. The summed E-state index contributed by atoms with van der Waals surface area (Å²) in [5, 5.41) is 4.25. The van der Waals surface area contributed by atoms with Crippen LogP contribution >= 0.6 is 0 Å². The molecule has 1 N–H and O–H groups in total. The number of para-hydroxylation sites is 1. The smallest absolute Gasteiger partial charge is 0.196 e. The number of rotatable bonds is 2. The van der Waals surface area contributed by atoms with Gasteiger partial charge in [0.15, 0.2) is 22.9 Å². The Bertz CT molecular complexity index is 1060. The Morgan fingerprint density at radius 2 is 1.76 bits per heavy atom. The highest BCUT2D eigenvalue weighted by atomic mass is 35.5. The Kier molecular flexibility index (Phi) is 3.82. The molecule has 0 fully saturated rings. The summed E-state index contributed by atoms with van der Waals surface area (Å²) in [4.78, 5) is 8.67. The molecule has 0 aliphatic carbocycles. The van der Waals surface area contributed by atoms with E-state index in [-0.39, 0.29) is 12.4 Å². The fourth-order valence-electron chi connectivity index (χ4n) is 2.87. The normalized spacial score (nSPS) is 12.8. The van der Waals surface area contributed by atoms with Crippen LogP contribution in [0.3, 0.4) is 0 Å². The molecular formula is C18H13ClN3O3-. The van der Waals surface area contributed by atoms with Gasteiger partial charge in [0.1, 0.15) is 30.6 Å². The van der Waals surface area contributed by atoms with E-state index in [0.717, 1.165) is 33.7 Å². The molecule has 0 amide bonds. The van der Waals surface area contributed by atoms with Crippen LogP contribution in [0.25, 0.3) is 22.1 Å². The SMILES string of the molecule is [Cl-].c1ccc2c(c1)oc1c(Nc3ccc4c(c3)OCCO4)ncnc12. The molecule has 3 heterocycles. The van der Waals surface area contributed by atoms with Crippen molar-refractivity contribution in [2.75, 3.05) is 18.5 Å². The first-order chi connectivity index (χ1) is 11.9. The summed E-state index contributed by atoms with van der Waals surface area (Å²) in [5.41, 5.74) is 3.06. The first-order valence-corrected chi connectivity index (χ1v) is 7.67. The average Bonchev–Trinajstić information content (AvgIpc) is 3.02. The number of nitrogens with one attached hydrogen (secondary N) is 1. The molecule has 0 bridgehead atoms. The number of aromatic nitrogens is 2. The van der Waals surface area contributed by atoms with Gasteiger partial charge in [0.25, 0.3) is 0 Å². The van der Waals surface area contributed by atoms with Crippen LogP contribution in [0.4, 0.5) is 11.5 Å². The molecule has 1 aliphatic rings. The van der Waals surface area contributed by atoms with Gasteiger partial charge in [0.05, 0.1) is 0 Å². The fourth-order valence-corrected chi connectivity index (χ4v) is 2.87. The van der Waals surface area contributed by atoms with Gasteiger partial charge in [-0.05, 0) is 24.3 Å². The molecule has 126 valence electrons. The fraction of sp³-hybridized carbons (Fsp3) is 0.111. The molecule has 0 spiro atoms. The van der Waals surface area contributed by atoms with E-state index < -0.39 is 0 Å². The summed E-state index contributed by atoms with van der Waals surface area (Å²) >= 11 is 0. The molecule has 25 heavy (non-hydrogen) atoms. The van der Waals surface area contributed by atoms with Crippen LogP contribution in [-0.2, 0) is 0 Å². The van der Waals surface area contributed by atoms with Gasteiger partial charge in [0, 0.05) is 17.1 Å². The van der Waals surface area contributed by atoms with Crippen LogP contribution in [0.5, 0.6) is 11.5 Å². The highest BCUT2D eigenvalue weighted by Gasteiger charge is 2.15. The number of hydrogen-bond donors (Lipinski definition) is 1. The summed E-state index contributed by atoms with van der Waals surface area (Å²) in [5.74, 6) is 2.09. The van der Waals surface area contributed by atoms with E-state index in [9.17, 15) is 0 Å². The van der Waals surface area contributed by atoms with Gasteiger partial charge >= 0.3 is 0 Å². The van der Waals surface area contributed by atoms with Crippen molar-refractivity contribution in [2.24, 2.45) is 0 Å². The molecule has 6 nitrogen and oxygen atoms in total. The van der Waals surface area contributed by atoms with Crippen molar-refractivity contribution in [3.63, 3.8) is 0 Å². The molecule has 1 aliphatic heterocycles. The largest absolute Gasteiger partial charge is 1.00 e. The van der Waals surface area contributed by atoms with E-state index in [0.29, 0.717) is 24.6 Å². The van der Waals surface area contributed by atoms with Crippen molar-refractivity contribution in [2.45, 2.75) is 0 Å². The summed E-state index contributed by atoms with van der Waals surface area (Å²) in [6.45, 7) is 1.13. The van der Waals surface area contributed by atoms with E-state index in [1.165, 1.54) is 6.33 Å². The maximum atomic E-state index is 5.92. The van der Waals surface area contributed by atoms with E-state index in [1.54, 1.807) is 0 Å². The first-order valence-electron chi connectivity index (χ1n) is 7.67. The minimum atomic E-state index is 0. The topological polar surface area (TPSA) is 69.4 Å². The van der Waals surface area contributed by atoms with Gasteiger partial charge < -0.3 is 31.6 Å². The molecule has 0 unspecified atom stereocenters. The van der Waals surface area contributed by atoms with Crippen molar-refractivity contribution in [3.05, 3.63) is 48.8 Å². The highest BCUT2D eigenvalue weighted by Crippen LogP contribution is 2.35. The van der Waals surface area contributed by atoms with Crippen molar-refractivity contribution >= 4 is 33.6 Å². The Morgan fingerprint density at radius 3 is 2.68 bits per heavy atom. The van der Waals surface area contributed by atoms with Crippen LogP contribution in [0.1, 0.15) is 0 Å². The zero-order valence-corrected chi connectivity index (χ0v) is 13.8. The minimum Gasteiger partial charge on any atom is -1.00 e. The molecule has 0 saturated carbocycles. The van der Waals surface area contributed by atoms with Gasteiger partial charge in [-0.15, -0.1) is 0 Å². The third-order valence-electron chi connectivity index (χ3n) is 3.96. The number of fused-ring (bicyclic) bond motifs is 4. The molecule has 5 rings (SSSR count). The van der Waals surface area contributed by atoms with Gasteiger partial charge in [-0.3, -0.25) is 0 Å². The Labute approximate surface area is 149 Å². The standard InChI is InChI=1S/C18H13N3O3.ClH/c1-2-4-13-12(3-1)16-17(24-13)18(20-10-19-16)21-11-5-6-14-15(9-11)23-8-7-22-14;/h1-6,9-10H,7-8H2,(H,19,20,21);1H/p-1. The van der Waals surface area contributed by atoms with Crippen molar-refractivity contribution in [1.29, 1.82) is 0 Å². The Balaban J connectivity index is 0.00000157. The Morgan fingerprint density at radius 1 is 0.920 bits per heavy atom. The maximum absolute atomic E-state index is 5.92. The van der Waals surface area contributed by atoms with E-state index in [2.05, 4.69) is 15.3 Å². The number of benzene rings is 2. The lowest BCUT2D eigenvalue weighted by Crippen LogP contribution is -3.00. The number of ether oxygens (including phenoxy) is 2. The van der Waals surface area contributed by atoms with E-state index in [1.807, 2.05) is 42.5 Å². The first kappa shape index (κ1) is 15.5. The van der Waals surface area contributed by atoms with Crippen molar-refractivity contribution < 1.29 is 26.3 Å². The third-order valence-corrected chi connectivity index (χ3v) is 3.96. The molecule has 2 aromatic heterocycles. The number of halogens is 1. The number of furan rings is 1. The predicted molar refractivity (Wildman–Crippen MR) is 90.0 cm³/mol. The van der Waals surface area contributed by atoms with Crippen LogP contribution in [-0.4, -0.2) is 23.2 Å². The molecule has 0 saturated heterocycles. The van der Waals surface area contributed by atoms with E-state index in [4.69, 9.17) is 13.9 Å². The zero-order valence-electron chi connectivity index (χ0n) is 13.0. The van der Waals surface area contributed by atoms with Gasteiger partial charge in [-0.1, -0.05) is 12.1 Å². The second-order valence-electron chi connectivity index (χ2n) is 5.48. The van der Waals surface area contributed by atoms with Crippen molar-refractivity contribution in [1.82, 2.24) is 9.97 Å². The van der Waals surface area contributed by atoms with E-state index >= 15 is 0 Å². The summed E-state index contributed by atoms with van der Waals surface area (Å²) in [6.07, 6.45) is 1.53. The highest BCUT2D eigenvalue weighted by molar-refractivity contribution is 6.05. The molecule has 2 aromatic carbocycles. The number of hydrogen-bond acceptors (Lipinski definition) is 6. The average molecular weight is 355 g/mol. The monoisotopic (exact) mass is 354 g/mol. The third kappa shape index (κ3) is 2.60. The van der Waals surface area contributed by atoms with Crippen LogP contribution < -0.4 is 27.2 Å². The second-order valence-corrected chi connectivity index (χ2v) is 5.48. The predicted octanol–water partition coefficient (Wildman–Crippen LogP) is 0.895. The Hall–Kier alpha value is -2.99. The summed E-state index contributed by atoms with van der Waals surface area (Å²) in [7, 11) is 0. The van der Waals surface area contributed by atoms with Gasteiger partial charge in [-0.25, -0.2) is 9.97 Å². The lowest BCUT2D eigenvalue weighted by molar-refractivity contribution is -0.00000581.